The lowest BCUT2D eigenvalue weighted by Gasteiger charge is -2.26. The second kappa shape index (κ2) is 5.31. The van der Waals surface area contributed by atoms with Gasteiger partial charge >= 0.3 is 0 Å². The number of hydrogen-bond acceptors (Lipinski definition) is 2. The predicted octanol–water partition coefficient (Wildman–Crippen LogP) is 3.47. The van der Waals surface area contributed by atoms with Crippen molar-refractivity contribution in [2.45, 2.75) is 46.6 Å². The van der Waals surface area contributed by atoms with Crippen molar-refractivity contribution in [1.29, 1.82) is 0 Å². The van der Waals surface area contributed by atoms with Gasteiger partial charge in [-0.1, -0.05) is 26.0 Å². The van der Waals surface area contributed by atoms with E-state index in [2.05, 4.69) is 43.9 Å². The zero-order valence-corrected chi connectivity index (χ0v) is 12.0. The van der Waals surface area contributed by atoms with Crippen LogP contribution in [0, 0.1) is 12.3 Å². The van der Waals surface area contributed by atoms with E-state index in [4.69, 9.17) is 5.73 Å². The molecule has 0 unspecified atom stereocenters. The van der Waals surface area contributed by atoms with Crippen molar-refractivity contribution in [2.24, 2.45) is 11.1 Å². The minimum Gasteiger partial charge on any atom is -0.371 e. The Labute approximate surface area is 111 Å². The molecule has 0 saturated carbocycles. The largest absolute Gasteiger partial charge is 0.371 e. The fourth-order valence-electron chi connectivity index (χ4n) is 2.86. The van der Waals surface area contributed by atoms with Gasteiger partial charge in [0.15, 0.2) is 0 Å². The van der Waals surface area contributed by atoms with Gasteiger partial charge in [0, 0.05) is 25.3 Å². The van der Waals surface area contributed by atoms with E-state index in [1.165, 1.54) is 49.2 Å². The van der Waals surface area contributed by atoms with E-state index < -0.39 is 0 Å². The summed E-state index contributed by atoms with van der Waals surface area (Å²) < 4.78 is 0. The molecule has 0 amide bonds. The van der Waals surface area contributed by atoms with Gasteiger partial charge in [-0.15, -0.1) is 0 Å². The summed E-state index contributed by atoms with van der Waals surface area (Å²) in [6.07, 6.45) is 3.92. The van der Waals surface area contributed by atoms with Crippen LogP contribution in [0.3, 0.4) is 0 Å². The van der Waals surface area contributed by atoms with Crippen LogP contribution in [0.4, 0.5) is 5.69 Å². The van der Waals surface area contributed by atoms with Crippen LogP contribution in [0.15, 0.2) is 18.2 Å². The van der Waals surface area contributed by atoms with E-state index >= 15 is 0 Å². The summed E-state index contributed by atoms with van der Waals surface area (Å²) >= 11 is 0. The van der Waals surface area contributed by atoms with Crippen molar-refractivity contribution >= 4 is 5.69 Å². The first-order valence-corrected chi connectivity index (χ1v) is 7.06. The minimum atomic E-state index is 0.500. The summed E-state index contributed by atoms with van der Waals surface area (Å²) in [6.45, 7) is 9.97. The fraction of sp³-hybridized carbons (Fsp3) is 0.625. The zero-order chi connectivity index (χ0) is 13.2. The molecule has 1 aliphatic heterocycles. The quantitative estimate of drug-likeness (QED) is 0.865. The van der Waals surface area contributed by atoms with Crippen LogP contribution in [0.2, 0.25) is 0 Å². The third kappa shape index (κ3) is 3.05. The average Bonchev–Trinajstić information content (AvgIpc) is 2.50. The molecule has 0 radical (unpaired) electrons. The number of nitrogens with zero attached hydrogens (tertiary/aromatic N) is 1. The van der Waals surface area contributed by atoms with Gasteiger partial charge in [0.1, 0.15) is 0 Å². The van der Waals surface area contributed by atoms with Gasteiger partial charge in [0.05, 0.1) is 0 Å². The monoisotopic (exact) mass is 246 g/mol. The van der Waals surface area contributed by atoms with Crippen LogP contribution >= 0.6 is 0 Å². The predicted molar refractivity (Wildman–Crippen MR) is 78.9 cm³/mol. The molecule has 1 heterocycles. The second-order valence-electron chi connectivity index (χ2n) is 6.33. The van der Waals surface area contributed by atoms with Crippen molar-refractivity contribution in [3.05, 3.63) is 29.3 Å². The normalized spacial score (nSPS) is 19.7. The maximum atomic E-state index is 5.69. The Bertz CT molecular complexity index is 410. The SMILES string of the molecule is Cc1cc(CN)ccc1N1CCCC(C)(C)CC1. The Balaban J connectivity index is 2.16. The molecular formula is C16H26N2. The standard InChI is InChI=1S/C16H26N2/c1-13-11-14(12-17)5-6-15(13)18-9-4-7-16(2,3)8-10-18/h5-6,11H,4,7-10,12,17H2,1-3H3. The summed E-state index contributed by atoms with van der Waals surface area (Å²) in [5, 5.41) is 0. The van der Waals surface area contributed by atoms with Gasteiger partial charge in [-0.25, -0.2) is 0 Å². The highest BCUT2D eigenvalue weighted by molar-refractivity contribution is 5.54. The Morgan fingerprint density at radius 1 is 1.22 bits per heavy atom. The highest BCUT2D eigenvalue weighted by Crippen LogP contribution is 2.32. The van der Waals surface area contributed by atoms with Gasteiger partial charge < -0.3 is 10.6 Å². The lowest BCUT2D eigenvalue weighted by molar-refractivity contribution is 0.325. The molecule has 0 aliphatic carbocycles. The van der Waals surface area contributed by atoms with Crippen molar-refractivity contribution in [2.75, 3.05) is 18.0 Å². The molecular weight excluding hydrogens is 220 g/mol. The van der Waals surface area contributed by atoms with Crippen molar-refractivity contribution in [1.82, 2.24) is 0 Å². The first-order valence-electron chi connectivity index (χ1n) is 7.06. The number of rotatable bonds is 2. The molecule has 1 fully saturated rings. The zero-order valence-electron chi connectivity index (χ0n) is 12.0. The summed E-state index contributed by atoms with van der Waals surface area (Å²) in [5.74, 6) is 0. The van der Waals surface area contributed by atoms with Gasteiger partial charge in [0.25, 0.3) is 0 Å². The van der Waals surface area contributed by atoms with E-state index in [0.29, 0.717) is 12.0 Å². The number of benzene rings is 1. The van der Waals surface area contributed by atoms with Gasteiger partial charge in [-0.05, 0) is 48.8 Å². The smallest absolute Gasteiger partial charge is 0.0396 e. The first-order chi connectivity index (χ1) is 8.52. The Morgan fingerprint density at radius 3 is 2.67 bits per heavy atom. The summed E-state index contributed by atoms with van der Waals surface area (Å²) in [5.41, 5.74) is 10.2. The molecule has 2 N–H and O–H groups in total. The van der Waals surface area contributed by atoms with Crippen molar-refractivity contribution in [3.8, 4) is 0 Å². The lowest BCUT2D eigenvalue weighted by atomic mass is 9.85. The van der Waals surface area contributed by atoms with E-state index in [1.807, 2.05) is 0 Å². The highest BCUT2D eigenvalue weighted by Gasteiger charge is 2.23. The molecule has 18 heavy (non-hydrogen) atoms. The van der Waals surface area contributed by atoms with E-state index in [1.54, 1.807) is 0 Å². The molecule has 1 aromatic rings. The lowest BCUT2D eigenvalue weighted by Crippen LogP contribution is -2.25. The van der Waals surface area contributed by atoms with Crippen molar-refractivity contribution < 1.29 is 0 Å². The summed E-state index contributed by atoms with van der Waals surface area (Å²) in [4.78, 5) is 2.55. The number of anilines is 1. The maximum absolute atomic E-state index is 5.69. The topological polar surface area (TPSA) is 29.3 Å². The van der Waals surface area contributed by atoms with Crippen LogP contribution in [-0.2, 0) is 6.54 Å². The van der Waals surface area contributed by atoms with E-state index in [9.17, 15) is 0 Å². The molecule has 0 spiro atoms. The molecule has 1 aliphatic rings. The fourth-order valence-corrected chi connectivity index (χ4v) is 2.86. The van der Waals surface area contributed by atoms with Crippen LogP contribution in [-0.4, -0.2) is 13.1 Å². The Morgan fingerprint density at radius 2 is 2.00 bits per heavy atom. The average molecular weight is 246 g/mol. The van der Waals surface area contributed by atoms with Crippen LogP contribution in [0.25, 0.3) is 0 Å². The highest BCUT2D eigenvalue weighted by atomic mass is 15.1. The minimum absolute atomic E-state index is 0.500. The number of nitrogens with two attached hydrogens (primary N) is 1. The first kappa shape index (κ1) is 13.4. The number of hydrogen-bond donors (Lipinski definition) is 1. The molecule has 1 aromatic carbocycles. The number of aryl methyl sites for hydroxylation is 1. The van der Waals surface area contributed by atoms with Gasteiger partial charge in [0.2, 0.25) is 0 Å². The van der Waals surface area contributed by atoms with Crippen molar-refractivity contribution in [3.63, 3.8) is 0 Å². The Kier molecular flexibility index (Phi) is 3.96. The maximum Gasteiger partial charge on any atom is 0.0396 e. The van der Waals surface area contributed by atoms with Crippen LogP contribution in [0.1, 0.15) is 44.2 Å². The third-order valence-corrected chi connectivity index (χ3v) is 4.18. The Hall–Kier alpha value is -1.02. The van der Waals surface area contributed by atoms with Crippen LogP contribution < -0.4 is 10.6 Å². The molecule has 0 bridgehead atoms. The summed E-state index contributed by atoms with van der Waals surface area (Å²) in [7, 11) is 0. The third-order valence-electron chi connectivity index (χ3n) is 4.18. The molecule has 0 atom stereocenters. The van der Waals surface area contributed by atoms with E-state index in [0.717, 1.165) is 0 Å². The van der Waals surface area contributed by atoms with Crippen LogP contribution in [0.5, 0.6) is 0 Å². The summed E-state index contributed by atoms with van der Waals surface area (Å²) in [6, 6.07) is 6.64. The molecule has 0 aromatic heterocycles. The molecule has 2 rings (SSSR count). The van der Waals surface area contributed by atoms with E-state index in [-0.39, 0.29) is 0 Å². The molecule has 1 saturated heterocycles. The second-order valence-corrected chi connectivity index (χ2v) is 6.33. The van der Waals surface area contributed by atoms with Gasteiger partial charge in [-0.2, -0.15) is 0 Å². The molecule has 100 valence electrons. The molecule has 2 heteroatoms. The molecule has 2 nitrogen and oxygen atoms in total. The van der Waals surface area contributed by atoms with Gasteiger partial charge in [-0.3, -0.25) is 0 Å².